The average Bonchev–Trinajstić information content (AvgIpc) is 2.15. The predicted molar refractivity (Wildman–Crippen MR) is 44.6 cm³/mol. The van der Waals surface area contributed by atoms with E-state index in [0.717, 1.165) is 26.1 Å². The van der Waals surface area contributed by atoms with Crippen LogP contribution < -0.4 is 5.32 Å². The van der Waals surface area contributed by atoms with E-state index in [0.29, 0.717) is 6.04 Å². The molecule has 0 aromatic heterocycles. The summed E-state index contributed by atoms with van der Waals surface area (Å²) in [5, 5.41) is 13.2. The molecular weight excluding hydrogens is 140 g/mol. The van der Waals surface area contributed by atoms with Crippen LogP contribution in [-0.4, -0.2) is 49.3 Å². The Morgan fingerprint density at radius 3 is 3.18 bits per heavy atom. The summed E-state index contributed by atoms with van der Waals surface area (Å²) in [6, 6.07) is 0.368. The second-order valence-corrected chi connectivity index (χ2v) is 3.19. The second kappa shape index (κ2) is 4.70. The minimum absolute atomic E-state index is 0.266. The van der Waals surface area contributed by atoms with Crippen LogP contribution in [0.25, 0.3) is 0 Å². The molecule has 0 aliphatic carbocycles. The fourth-order valence-electron chi connectivity index (χ4n) is 1.45. The monoisotopic (exact) mass is 157 g/mol. The Bertz CT molecular complexity index is 108. The summed E-state index contributed by atoms with van der Waals surface area (Å²) in [7, 11) is 2.12. The fraction of sp³-hybridized carbons (Fsp3) is 1.00. The number of likely N-dealkylation sites (N-methyl/N-ethyl adjacent to an activating group) is 1. The molecule has 0 amide bonds. The molecule has 11 heavy (non-hydrogen) atoms. The Hall–Kier alpha value is -0.120. The van der Waals surface area contributed by atoms with Crippen molar-refractivity contribution in [2.24, 2.45) is 0 Å². The molecule has 1 heterocycles. The van der Waals surface area contributed by atoms with Crippen LogP contribution >= 0.6 is 0 Å². The molecule has 0 saturated carbocycles. The second-order valence-electron chi connectivity index (χ2n) is 3.19. The highest BCUT2D eigenvalue weighted by Gasteiger charge is 2.14. The van der Waals surface area contributed by atoms with Gasteiger partial charge in [0.15, 0.2) is 0 Å². The minimum atomic E-state index is 0.266. The van der Waals surface area contributed by atoms with E-state index in [9.17, 15) is 0 Å². The Balaban J connectivity index is 2.27. The van der Waals surface area contributed by atoms with Crippen LogP contribution in [0.2, 0.25) is 0 Å². The van der Waals surface area contributed by atoms with Crippen molar-refractivity contribution in [1.82, 2.24) is 10.2 Å². The highest BCUT2D eigenvalue weighted by Crippen LogP contribution is 2.01. The number of hydrogen-bond acceptors (Lipinski definition) is 2. The van der Waals surface area contributed by atoms with Crippen molar-refractivity contribution in [3.8, 4) is 0 Å². The van der Waals surface area contributed by atoms with E-state index < -0.39 is 0 Å². The fourth-order valence-corrected chi connectivity index (χ4v) is 1.45. The zero-order valence-electron chi connectivity index (χ0n) is 7.16. The smallest absolute Gasteiger partial charge is 0.0446 e. The third kappa shape index (κ3) is 3.18. The normalized spacial score (nSPS) is 28.4. The van der Waals surface area contributed by atoms with Crippen molar-refractivity contribution in [2.45, 2.75) is 18.9 Å². The van der Waals surface area contributed by atoms with E-state index in [1.165, 1.54) is 6.42 Å². The summed E-state index contributed by atoms with van der Waals surface area (Å²) in [6.45, 7) is 3.39. The van der Waals surface area contributed by atoms with Gasteiger partial charge in [0.1, 0.15) is 0 Å². The molecule has 3 nitrogen and oxygen atoms in total. The van der Waals surface area contributed by atoms with E-state index >= 15 is 0 Å². The van der Waals surface area contributed by atoms with E-state index in [1.807, 2.05) is 0 Å². The van der Waals surface area contributed by atoms with Crippen molar-refractivity contribution >= 4 is 0 Å². The van der Waals surface area contributed by atoms with Crippen LogP contribution in [0.4, 0.5) is 0 Å². The quantitative estimate of drug-likeness (QED) is 0.596. The zero-order chi connectivity index (χ0) is 8.10. The standard InChI is InChI=1S/C8H17N2O/c1-10-5-2-4-9-8(7-10)3-6-11/h8,11H,2-7H2,1H3. The molecule has 1 unspecified atom stereocenters. The van der Waals surface area contributed by atoms with Gasteiger partial charge in [-0.1, -0.05) is 0 Å². The van der Waals surface area contributed by atoms with Gasteiger partial charge in [0, 0.05) is 25.7 Å². The number of rotatable bonds is 2. The molecule has 1 N–H and O–H groups in total. The molecule has 0 spiro atoms. The first kappa shape index (κ1) is 8.97. The molecule has 1 saturated heterocycles. The molecule has 1 aliphatic heterocycles. The summed E-state index contributed by atoms with van der Waals surface area (Å²) >= 11 is 0. The number of nitrogens with zero attached hydrogens (tertiary/aromatic N) is 2. The van der Waals surface area contributed by atoms with Crippen LogP contribution in [0.5, 0.6) is 0 Å². The highest BCUT2D eigenvalue weighted by atomic mass is 16.3. The molecule has 3 heteroatoms. The Morgan fingerprint density at radius 2 is 2.45 bits per heavy atom. The van der Waals surface area contributed by atoms with Gasteiger partial charge in [-0.15, -0.1) is 0 Å². The topological polar surface area (TPSA) is 37.6 Å². The lowest BCUT2D eigenvalue weighted by atomic mass is 10.2. The maximum atomic E-state index is 8.72. The van der Waals surface area contributed by atoms with Gasteiger partial charge in [-0.2, -0.15) is 0 Å². The third-order valence-corrected chi connectivity index (χ3v) is 2.07. The molecule has 1 fully saturated rings. The van der Waals surface area contributed by atoms with Gasteiger partial charge in [-0.05, 0) is 26.4 Å². The predicted octanol–water partition coefficient (Wildman–Crippen LogP) is -0.323. The Labute approximate surface area is 68.4 Å². The van der Waals surface area contributed by atoms with E-state index in [4.69, 9.17) is 5.11 Å². The molecule has 0 bridgehead atoms. The largest absolute Gasteiger partial charge is 0.396 e. The first-order valence-corrected chi connectivity index (χ1v) is 4.29. The van der Waals surface area contributed by atoms with Crippen LogP contribution in [0.3, 0.4) is 0 Å². The SMILES string of the molecule is CN1CCC[N]C(CCO)C1. The molecule has 1 aliphatic rings. The van der Waals surface area contributed by atoms with Crippen LogP contribution in [0.15, 0.2) is 0 Å². The average molecular weight is 157 g/mol. The summed E-state index contributed by atoms with van der Waals surface area (Å²) in [4.78, 5) is 2.29. The molecule has 1 radical (unpaired) electrons. The van der Waals surface area contributed by atoms with Crippen molar-refractivity contribution in [2.75, 3.05) is 33.3 Å². The molecule has 65 valence electrons. The van der Waals surface area contributed by atoms with Gasteiger partial charge in [-0.3, -0.25) is 0 Å². The van der Waals surface area contributed by atoms with E-state index in [-0.39, 0.29) is 6.61 Å². The lowest BCUT2D eigenvalue weighted by Gasteiger charge is -2.17. The summed E-state index contributed by atoms with van der Waals surface area (Å²) < 4.78 is 0. The Kier molecular flexibility index (Phi) is 3.83. The van der Waals surface area contributed by atoms with Crippen LogP contribution in [0, 0.1) is 0 Å². The van der Waals surface area contributed by atoms with Gasteiger partial charge in [0.2, 0.25) is 0 Å². The summed E-state index contributed by atoms with van der Waals surface area (Å²) in [6.07, 6.45) is 1.99. The van der Waals surface area contributed by atoms with E-state index in [2.05, 4.69) is 17.3 Å². The van der Waals surface area contributed by atoms with Crippen LogP contribution in [-0.2, 0) is 0 Å². The maximum Gasteiger partial charge on any atom is 0.0446 e. The van der Waals surface area contributed by atoms with Crippen molar-refractivity contribution in [3.63, 3.8) is 0 Å². The van der Waals surface area contributed by atoms with Crippen molar-refractivity contribution < 1.29 is 5.11 Å². The van der Waals surface area contributed by atoms with Crippen LogP contribution in [0.1, 0.15) is 12.8 Å². The minimum Gasteiger partial charge on any atom is -0.396 e. The van der Waals surface area contributed by atoms with E-state index in [1.54, 1.807) is 0 Å². The Morgan fingerprint density at radius 1 is 1.64 bits per heavy atom. The van der Waals surface area contributed by atoms with Gasteiger partial charge < -0.3 is 10.0 Å². The molecule has 1 atom stereocenters. The number of aliphatic hydroxyl groups excluding tert-OH is 1. The van der Waals surface area contributed by atoms with Gasteiger partial charge in [0.25, 0.3) is 0 Å². The van der Waals surface area contributed by atoms with Gasteiger partial charge in [0.05, 0.1) is 0 Å². The van der Waals surface area contributed by atoms with Gasteiger partial charge in [-0.25, -0.2) is 5.32 Å². The first-order chi connectivity index (χ1) is 5.33. The van der Waals surface area contributed by atoms with Crippen molar-refractivity contribution in [1.29, 1.82) is 0 Å². The number of aliphatic hydroxyl groups is 1. The third-order valence-electron chi connectivity index (χ3n) is 2.07. The summed E-state index contributed by atoms with van der Waals surface area (Å²) in [5.74, 6) is 0. The lowest BCUT2D eigenvalue weighted by molar-refractivity contribution is 0.244. The molecule has 0 aromatic rings. The zero-order valence-corrected chi connectivity index (χ0v) is 7.16. The molecular formula is C8H17N2O. The maximum absolute atomic E-state index is 8.72. The number of hydrogen-bond donors (Lipinski definition) is 1. The lowest BCUT2D eigenvalue weighted by Crippen LogP contribution is -2.32. The molecule has 0 aromatic carbocycles. The van der Waals surface area contributed by atoms with Crippen molar-refractivity contribution in [3.05, 3.63) is 0 Å². The van der Waals surface area contributed by atoms with Gasteiger partial charge >= 0.3 is 0 Å². The molecule has 1 rings (SSSR count). The highest BCUT2D eigenvalue weighted by molar-refractivity contribution is 4.73. The summed E-state index contributed by atoms with van der Waals surface area (Å²) in [5.41, 5.74) is 0. The first-order valence-electron chi connectivity index (χ1n) is 4.29.